The molecule has 4 N–H and O–H groups in total. The third-order valence-corrected chi connectivity index (χ3v) is 4.52. The van der Waals surface area contributed by atoms with Gasteiger partial charge in [-0.25, -0.2) is 0 Å². The summed E-state index contributed by atoms with van der Waals surface area (Å²) < 4.78 is 0. The molecule has 20 heavy (non-hydrogen) atoms. The third-order valence-electron chi connectivity index (χ3n) is 4.52. The van der Waals surface area contributed by atoms with Gasteiger partial charge in [0.05, 0.1) is 6.61 Å². The number of nitrogens with one attached hydrogen (secondary N) is 1. The Hall–Kier alpha value is -0.610. The van der Waals surface area contributed by atoms with E-state index >= 15 is 0 Å². The molecule has 0 aromatic heterocycles. The Bertz CT molecular complexity index is 286. The first kappa shape index (κ1) is 17.4. The molecule has 0 aromatic carbocycles. The predicted octanol–water partition coefficient (Wildman–Crippen LogP) is 2.06. The van der Waals surface area contributed by atoms with E-state index in [-0.39, 0.29) is 23.8 Å². The Morgan fingerprint density at radius 2 is 1.95 bits per heavy atom. The van der Waals surface area contributed by atoms with E-state index in [0.717, 1.165) is 32.1 Å². The number of amides is 1. The van der Waals surface area contributed by atoms with Crippen LogP contribution < -0.4 is 11.1 Å². The first-order valence-electron chi connectivity index (χ1n) is 8.09. The molecule has 1 atom stereocenters. The average molecular weight is 284 g/mol. The standard InChI is InChI=1S/C16H32N2O2/c1-13(2)8-14(10-17)9-15(20)18-11-16(12-19)6-4-3-5-7-16/h13-14,19H,3-12,17H2,1-2H3,(H,18,20)/t14-/m0/s1. The maximum atomic E-state index is 12.0. The topological polar surface area (TPSA) is 75.4 Å². The Labute approximate surface area is 123 Å². The molecule has 0 bridgehead atoms. The van der Waals surface area contributed by atoms with Gasteiger partial charge in [-0.2, -0.15) is 0 Å². The molecule has 4 heteroatoms. The summed E-state index contributed by atoms with van der Waals surface area (Å²) >= 11 is 0. The second-order valence-electron chi connectivity index (χ2n) is 6.93. The second kappa shape index (κ2) is 8.63. The van der Waals surface area contributed by atoms with Gasteiger partial charge in [-0.3, -0.25) is 4.79 Å². The number of hydrogen-bond donors (Lipinski definition) is 3. The highest BCUT2D eigenvalue weighted by Crippen LogP contribution is 2.35. The quantitative estimate of drug-likeness (QED) is 0.638. The van der Waals surface area contributed by atoms with Crippen LogP contribution >= 0.6 is 0 Å². The number of rotatable bonds is 8. The molecule has 0 aliphatic heterocycles. The highest BCUT2D eigenvalue weighted by molar-refractivity contribution is 5.76. The summed E-state index contributed by atoms with van der Waals surface area (Å²) in [5.41, 5.74) is 5.66. The largest absolute Gasteiger partial charge is 0.396 e. The van der Waals surface area contributed by atoms with E-state index in [0.29, 0.717) is 25.4 Å². The molecule has 1 rings (SSSR count). The van der Waals surface area contributed by atoms with E-state index < -0.39 is 0 Å². The molecule has 1 saturated carbocycles. The lowest BCUT2D eigenvalue weighted by atomic mass is 9.74. The maximum absolute atomic E-state index is 12.0. The lowest BCUT2D eigenvalue weighted by Gasteiger charge is -2.35. The zero-order chi connectivity index (χ0) is 15.0. The molecular weight excluding hydrogens is 252 g/mol. The van der Waals surface area contributed by atoms with E-state index in [1.54, 1.807) is 0 Å². The number of aliphatic hydroxyl groups is 1. The van der Waals surface area contributed by atoms with Crippen molar-refractivity contribution >= 4 is 5.91 Å². The van der Waals surface area contributed by atoms with Crippen LogP contribution in [0.5, 0.6) is 0 Å². The monoisotopic (exact) mass is 284 g/mol. The molecule has 118 valence electrons. The highest BCUT2D eigenvalue weighted by atomic mass is 16.3. The van der Waals surface area contributed by atoms with E-state index in [1.807, 2.05) is 0 Å². The van der Waals surface area contributed by atoms with Crippen molar-refractivity contribution in [2.24, 2.45) is 23.0 Å². The van der Waals surface area contributed by atoms with Crippen molar-refractivity contribution in [3.63, 3.8) is 0 Å². The Morgan fingerprint density at radius 1 is 1.30 bits per heavy atom. The fourth-order valence-electron chi connectivity index (χ4n) is 3.24. The number of carbonyl (C=O) groups is 1. The molecule has 0 heterocycles. The van der Waals surface area contributed by atoms with Crippen molar-refractivity contribution in [3.8, 4) is 0 Å². The van der Waals surface area contributed by atoms with Gasteiger partial charge >= 0.3 is 0 Å². The van der Waals surface area contributed by atoms with Crippen LogP contribution in [0.25, 0.3) is 0 Å². The van der Waals surface area contributed by atoms with Crippen molar-refractivity contribution in [2.45, 2.75) is 58.8 Å². The Kier molecular flexibility index (Phi) is 7.52. The predicted molar refractivity (Wildman–Crippen MR) is 82.2 cm³/mol. The maximum Gasteiger partial charge on any atom is 0.220 e. The minimum absolute atomic E-state index is 0.0792. The first-order chi connectivity index (χ1) is 9.51. The molecule has 1 aliphatic carbocycles. The van der Waals surface area contributed by atoms with Gasteiger partial charge in [-0.1, -0.05) is 33.1 Å². The van der Waals surface area contributed by atoms with Gasteiger partial charge in [0.25, 0.3) is 0 Å². The molecule has 0 aromatic rings. The molecule has 1 aliphatic rings. The van der Waals surface area contributed by atoms with Crippen LogP contribution in [0.15, 0.2) is 0 Å². The Balaban J connectivity index is 2.37. The molecule has 0 spiro atoms. The minimum atomic E-state index is -0.0792. The van der Waals surface area contributed by atoms with Gasteiger partial charge in [0.15, 0.2) is 0 Å². The van der Waals surface area contributed by atoms with Crippen LogP contribution in [-0.4, -0.2) is 30.7 Å². The molecule has 4 nitrogen and oxygen atoms in total. The van der Waals surface area contributed by atoms with Crippen molar-refractivity contribution in [3.05, 3.63) is 0 Å². The number of carbonyl (C=O) groups excluding carboxylic acids is 1. The van der Waals surface area contributed by atoms with E-state index in [2.05, 4.69) is 19.2 Å². The van der Waals surface area contributed by atoms with Gasteiger partial charge in [0, 0.05) is 18.4 Å². The van der Waals surface area contributed by atoms with Gasteiger partial charge in [0.2, 0.25) is 5.91 Å². The molecule has 1 fully saturated rings. The van der Waals surface area contributed by atoms with Crippen molar-refractivity contribution in [2.75, 3.05) is 19.7 Å². The van der Waals surface area contributed by atoms with Gasteiger partial charge in [-0.05, 0) is 37.6 Å². The summed E-state index contributed by atoms with van der Waals surface area (Å²) in [7, 11) is 0. The SMILES string of the molecule is CC(C)C[C@H](CN)CC(=O)NCC1(CO)CCCCC1. The van der Waals surface area contributed by atoms with Crippen LogP contribution in [0.1, 0.15) is 58.8 Å². The smallest absolute Gasteiger partial charge is 0.220 e. The van der Waals surface area contributed by atoms with Crippen LogP contribution in [0.3, 0.4) is 0 Å². The lowest BCUT2D eigenvalue weighted by molar-refractivity contribution is -0.122. The van der Waals surface area contributed by atoms with Crippen LogP contribution in [0.2, 0.25) is 0 Å². The van der Waals surface area contributed by atoms with E-state index in [4.69, 9.17) is 5.73 Å². The summed E-state index contributed by atoms with van der Waals surface area (Å²) in [6.07, 6.45) is 7.13. The van der Waals surface area contributed by atoms with E-state index in [9.17, 15) is 9.90 Å². The van der Waals surface area contributed by atoms with Gasteiger partial charge in [-0.15, -0.1) is 0 Å². The number of nitrogens with two attached hydrogens (primary N) is 1. The normalized spacial score (nSPS) is 19.9. The van der Waals surface area contributed by atoms with Crippen LogP contribution in [0.4, 0.5) is 0 Å². The number of hydrogen-bond acceptors (Lipinski definition) is 3. The van der Waals surface area contributed by atoms with E-state index in [1.165, 1.54) is 6.42 Å². The zero-order valence-corrected chi connectivity index (χ0v) is 13.2. The number of aliphatic hydroxyl groups excluding tert-OH is 1. The highest BCUT2D eigenvalue weighted by Gasteiger charge is 2.31. The van der Waals surface area contributed by atoms with Crippen molar-refractivity contribution in [1.82, 2.24) is 5.32 Å². The summed E-state index contributed by atoms with van der Waals surface area (Å²) in [5.74, 6) is 0.921. The van der Waals surface area contributed by atoms with Gasteiger partial charge in [0.1, 0.15) is 0 Å². The summed E-state index contributed by atoms with van der Waals surface area (Å²) in [6, 6.07) is 0. The average Bonchev–Trinajstić information content (AvgIpc) is 2.45. The lowest BCUT2D eigenvalue weighted by Crippen LogP contribution is -2.42. The van der Waals surface area contributed by atoms with Gasteiger partial charge < -0.3 is 16.2 Å². The third kappa shape index (κ3) is 5.80. The molecule has 0 saturated heterocycles. The van der Waals surface area contributed by atoms with Crippen molar-refractivity contribution < 1.29 is 9.90 Å². The van der Waals surface area contributed by atoms with Crippen LogP contribution in [0, 0.1) is 17.3 Å². The molecular formula is C16H32N2O2. The molecule has 0 radical (unpaired) electrons. The fourth-order valence-corrected chi connectivity index (χ4v) is 3.24. The zero-order valence-electron chi connectivity index (χ0n) is 13.2. The first-order valence-corrected chi connectivity index (χ1v) is 8.09. The summed E-state index contributed by atoms with van der Waals surface area (Å²) in [5, 5.41) is 12.7. The molecule has 1 amide bonds. The van der Waals surface area contributed by atoms with Crippen LogP contribution in [-0.2, 0) is 4.79 Å². The fraction of sp³-hybridized carbons (Fsp3) is 0.938. The molecule has 0 unspecified atom stereocenters. The van der Waals surface area contributed by atoms with Crippen molar-refractivity contribution in [1.29, 1.82) is 0 Å². The summed E-state index contributed by atoms with van der Waals surface area (Å²) in [6.45, 7) is 5.67. The Morgan fingerprint density at radius 3 is 2.45 bits per heavy atom. The minimum Gasteiger partial charge on any atom is -0.396 e. The second-order valence-corrected chi connectivity index (χ2v) is 6.93. The summed E-state index contributed by atoms with van der Waals surface area (Å²) in [4.78, 5) is 12.0.